The average Bonchev–Trinajstić information content (AvgIpc) is 2.70. The monoisotopic (exact) mass is 420 g/mol. The molecule has 0 aliphatic carbocycles. The molecule has 0 unspecified atom stereocenters. The van der Waals surface area contributed by atoms with E-state index in [-0.39, 0.29) is 35.8 Å². The number of hydrogen-bond donors (Lipinski definition) is 2. The Kier molecular flexibility index (Phi) is 6.73. The van der Waals surface area contributed by atoms with Crippen molar-refractivity contribution in [1.82, 2.24) is 15.0 Å². The van der Waals surface area contributed by atoms with Gasteiger partial charge in [-0.1, -0.05) is 18.2 Å². The van der Waals surface area contributed by atoms with Gasteiger partial charge < -0.3 is 20.3 Å². The summed E-state index contributed by atoms with van der Waals surface area (Å²) in [6.45, 7) is 2.38. The summed E-state index contributed by atoms with van der Waals surface area (Å²) in [6, 6.07) is 12.2. The van der Waals surface area contributed by atoms with Gasteiger partial charge in [0.15, 0.2) is 0 Å². The predicted octanol–water partition coefficient (Wildman–Crippen LogP) is 3.90. The van der Waals surface area contributed by atoms with Gasteiger partial charge in [-0.2, -0.15) is 15.0 Å². The molecular weight excluding hydrogens is 402 g/mol. The Hall–Kier alpha value is -3.04. The molecule has 1 aliphatic heterocycles. The first-order valence-electron chi connectivity index (χ1n) is 8.80. The summed E-state index contributed by atoms with van der Waals surface area (Å²) in [6.07, 6.45) is 0. The van der Waals surface area contributed by atoms with Crippen LogP contribution in [-0.4, -0.2) is 41.3 Å². The lowest BCUT2D eigenvalue weighted by Gasteiger charge is -2.27. The van der Waals surface area contributed by atoms with Gasteiger partial charge in [0.25, 0.3) is 0 Å². The molecule has 152 valence electrons. The lowest BCUT2D eigenvalue weighted by Crippen LogP contribution is -2.37. The largest absolute Gasteiger partial charge is 0.378 e. The van der Waals surface area contributed by atoms with E-state index in [0.29, 0.717) is 37.9 Å². The Morgan fingerprint density at radius 1 is 0.862 bits per heavy atom. The van der Waals surface area contributed by atoms with E-state index < -0.39 is 5.82 Å². The summed E-state index contributed by atoms with van der Waals surface area (Å²) in [5, 5.41) is 5.85. The zero-order chi connectivity index (χ0) is 19.3. The maximum atomic E-state index is 14.0. The van der Waals surface area contributed by atoms with E-state index in [1.807, 2.05) is 4.90 Å². The number of nitrogens with one attached hydrogen (secondary N) is 2. The number of para-hydroxylation sites is 1. The van der Waals surface area contributed by atoms with Crippen molar-refractivity contribution in [2.24, 2.45) is 0 Å². The van der Waals surface area contributed by atoms with Crippen molar-refractivity contribution in [2.45, 2.75) is 0 Å². The number of ether oxygens (including phenoxy) is 1. The highest BCUT2D eigenvalue weighted by molar-refractivity contribution is 5.85. The van der Waals surface area contributed by atoms with Gasteiger partial charge in [0.2, 0.25) is 17.8 Å². The van der Waals surface area contributed by atoms with Gasteiger partial charge >= 0.3 is 0 Å². The smallest absolute Gasteiger partial charge is 0.233 e. The number of rotatable bonds is 5. The van der Waals surface area contributed by atoms with E-state index in [1.165, 1.54) is 18.2 Å². The first-order valence-corrected chi connectivity index (χ1v) is 8.80. The van der Waals surface area contributed by atoms with Crippen LogP contribution >= 0.6 is 12.4 Å². The van der Waals surface area contributed by atoms with Crippen LogP contribution in [0, 0.1) is 11.6 Å². The maximum absolute atomic E-state index is 14.0. The number of anilines is 5. The molecule has 7 nitrogen and oxygen atoms in total. The molecule has 1 aromatic heterocycles. The molecule has 4 rings (SSSR count). The summed E-state index contributed by atoms with van der Waals surface area (Å²) in [7, 11) is 0. The fraction of sp³-hybridized carbons (Fsp3) is 0.211. The van der Waals surface area contributed by atoms with Crippen molar-refractivity contribution in [2.75, 3.05) is 41.8 Å². The molecule has 10 heteroatoms. The number of nitrogens with zero attached hydrogens (tertiary/aromatic N) is 4. The van der Waals surface area contributed by atoms with Crippen LogP contribution in [-0.2, 0) is 4.74 Å². The van der Waals surface area contributed by atoms with Crippen LogP contribution in [0.15, 0.2) is 48.5 Å². The third kappa shape index (κ3) is 5.27. The standard InChI is InChI=1S/C19H18F2N6O.ClH/c20-13-4-3-5-14(12-13)22-17-24-18(23-16-7-2-1-6-15(16)21)26-19(25-17)27-8-10-28-11-9-27;/h1-7,12H,8-11H2,(H2,22,23,24,25,26);1H. The lowest BCUT2D eigenvalue weighted by molar-refractivity contribution is 0.122. The van der Waals surface area contributed by atoms with Crippen LogP contribution in [0.2, 0.25) is 0 Å². The van der Waals surface area contributed by atoms with Crippen LogP contribution in [0.5, 0.6) is 0 Å². The molecule has 1 saturated heterocycles. The Morgan fingerprint density at radius 3 is 2.31 bits per heavy atom. The molecule has 0 spiro atoms. The zero-order valence-corrected chi connectivity index (χ0v) is 16.1. The number of hydrogen-bond acceptors (Lipinski definition) is 7. The number of aromatic nitrogens is 3. The fourth-order valence-corrected chi connectivity index (χ4v) is 2.76. The molecule has 0 saturated carbocycles. The van der Waals surface area contributed by atoms with Crippen molar-refractivity contribution >= 4 is 41.6 Å². The Balaban J connectivity index is 0.00000240. The predicted molar refractivity (Wildman–Crippen MR) is 109 cm³/mol. The van der Waals surface area contributed by atoms with Crippen LogP contribution in [0.3, 0.4) is 0 Å². The molecule has 29 heavy (non-hydrogen) atoms. The SMILES string of the molecule is Cl.Fc1cccc(Nc2nc(Nc3ccccc3F)nc(N3CCOCC3)n2)c1. The van der Waals surface area contributed by atoms with Crippen molar-refractivity contribution in [1.29, 1.82) is 0 Å². The Labute approximate surface area is 172 Å². The number of halogens is 3. The topological polar surface area (TPSA) is 75.2 Å². The van der Waals surface area contributed by atoms with Gasteiger partial charge in [0.05, 0.1) is 18.9 Å². The molecule has 2 N–H and O–H groups in total. The minimum atomic E-state index is -0.421. The fourth-order valence-electron chi connectivity index (χ4n) is 2.76. The molecule has 2 heterocycles. The summed E-state index contributed by atoms with van der Waals surface area (Å²) in [4.78, 5) is 15.1. The quantitative estimate of drug-likeness (QED) is 0.648. The van der Waals surface area contributed by atoms with Gasteiger partial charge in [-0.25, -0.2) is 8.78 Å². The third-order valence-electron chi connectivity index (χ3n) is 4.12. The van der Waals surface area contributed by atoms with Crippen molar-refractivity contribution in [3.63, 3.8) is 0 Å². The summed E-state index contributed by atoms with van der Waals surface area (Å²) < 4.78 is 32.9. The van der Waals surface area contributed by atoms with Gasteiger partial charge in [0, 0.05) is 18.8 Å². The van der Waals surface area contributed by atoms with E-state index in [1.54, 1.807) is 30.3 Å². The maximum Gasteiger partial charge on any atom is 0.233 e. The molecule has 2 aromatic carbocycles. The van der Waals surface area contributed by atoms with E-state index >= 15 is 0 Å². The Morgan fingerprint density at radius 2 is 1.59 bits per heavy atom. The van der Waals surface area contributed by atoms with E-state index in [9.17, 15) is 8.78 Å². The summed E-state index contributed by atoms with van der Waals surface area (Å²) in [5.41, 5.74) is 0.745. The Bertz CT molecular complexity index is 971. The first-order chi connectivity index (χ1) is 13.7. The van der Waals surface area contributed by atoms with Gasteiger partial charge in [-0.3, -0.25) is 0 Å². The van der Waals surface area contributed by atoms with E-state index in [0.717, 1.165) is 0 Å². The molecule has 1 aliphatic rings. The third-order valence-corrected chi connectivity index (χ3v) is 4.12. The van der Waals surface area contributed by atoms with E-state index in [4.69, 9.17) is 4.74 Å². The molecule has 3 aromatic rings. The van der Waals surface area contributed by atoms with Crippen molar-refractivity contribution < 1.29 is 13.5 Å². The number of morpholine rings is 1. The molecule has 0 radical (unpaired) electrons. The van der Waals surface area contributed by atoms with Crippen LogP contribution < -0.4 is 15.5 Å². The number of benzene rings is 2. The second-order valence-electron chi connectivity index (χ2n) is 6.12. The van der Waals surface area contributed by atoms with Gasteiger partial charge in [0.1, 0.15) is 11.6 Å². The van der Waals surface area contributed by atoms with Crippen LogP contribution in [0.25, 0.3) is 0 Å². The lowest BCUT2D eigenvalue weighted by atomic mass is 10.3. The molecule has 1 fully saturated rings. The molecule has 0 bridgehead atoms. The van der Waals surface area contributed by atoms with Crippen LogP contribution in [0.4, 0.5) is 38.0 Å². The van der Waals surface area contributed by atoms with Crippen LogP contribution in [0.1, 0.15) is 0 Å². The minimum absolute atomic E-state index is 0. The molecule has 0 atom stereocenters. The van der Waals surface area contributed by atoms with E-state index in [2.05, 4.69) is 25.6 Å². The minimum Gasteiger partial charge on any atom is -0.378 e. The highest BCUT2D eigenvalue weighted by atomic mass is 35.5. The van der Waals surface area contributed by atoms with Gasteiger partial charge in [-0.15, -0.1) is 12.4 Å². The second-order valence-corrected chi connectivity index (χ2v) is 6.12. The highest BCUT2D eigenvalue weighted by Crippen LogP contribution is 2.22. The normalized spacial score (nSPS) is 13.5. The highest BCUT2D eigenvalue weighted by Gasteiger charge is 2.17. The molecule has 0 amide bonds. The van der Waals surface area contributed by atoms with Crippen molar-refractivity contribution in [3.8, 4) is 0 Å². The zero-order valence-electron chi connectivity index (χ0n) is 15.3. The van der Waals surface area contributed by atoms with Gasteiger partial charge in [-0.05, 0) is 30.3 Å². The summed E-state index contributed by atoms with van der Waals surface area (Å²) >= 11 is 0. The van der Waals surface area contributed by atoms with Crippen molar-refractivity contribution in [3.05, 3.63) is 60.2 Å². The average molecular weight is 421 g/mol. The first kappa shape index (κ1) is 20.7. The summed E-state index contributed by atoms with van der Waals surface area (Å²) in [5.74, 6) is 0.0325. The molecular formula is C19H19ClF2N6O. The second kappa shape index (κ2) is 9.44.